The van der Waals surface area contributed by atoms with E-state index in [0.717, 1.165) is 11.3 Å². The summed E-state index contributed by atoms with van der Waals surface area (Å²) in [4.78, 5) is 15.4. The van der Waals surface area contributed by atoms with Gasteiger partial charge < -0.3 is 9.84 Å². The Kier molecular flexibility index (Phi) is 5.25. The predicted octanol–water partition coefficient (Wildman–Crippen LogP) is 0.799. The fourth-order valence-corrected chi connectivity index (χ4v) is 1.85. The van der Waals surface area contributed by atoms with E-state index in [1.807, 2.05) is 29.7 Å². The molecule has 6 nitrogen and oxygen atoms in total. The first-order chi connectivity index (χ1) is 10.2. The van der Waals surface area contributed by atoms with Crippen LogP contribution in [0.15, 0.2) is 42.6 Å². The number of pyridine rings is 1. The summed E-state index contributed by atoms with van der Waals surface area (Å²) in [5.41, 5.74) is 4.08. The third kappa shape index (κ3) is 4.01. The first-order valence-corrected chi connectivity index (χ1v) is 6.52. The van der Waals surface area contributed by atoms with Crippen LogP contribution in [-0.2, 0) is 13.0 Å². The zero-order chi connectivity index (χ0) is 15.1. The van der Waals surface area contributed by atoms with Crippen LogP contribution in [0.25, 0.3) is 0 Å². The van der Waals surface area contributed by atoms with Gasteiger partial charge in [-0.3, -0.25) is 15.2 Å². The lowest BCUT2D eigenvalue weighted by atomic mass is 10.1. The van der Waals surface area contributed by atoms with Crippen molar-refractivity contribution in [3.8, 4) is 5.75 Å². The van der Waals surface area contributed by atoms with Gasteiger partial charge in [-0.25, -0.2) is 5.84 Å². The molecule has 0 aliphatic carbocycles. The number of nitrogen functional groups attached to an aromatic ring is 1. The van der Waals surface area contributed by atoms with Crippen LogP contribution in [0.3, 0.4) is 0 Å². The van der Waals surface area contributed by atoms with Crippen LogP contribution in [0.1, 0.15) is 21.6 Å². The number of para-hydroxylation sites is 1. The van der Waals surface area contributed by atoms with Gasteiger partial charge in [0, 0.05) is 12.8 Å². The molecule has 0 bridgehead atoms. The molecular weight excluding hydrogens is 270 g/mol. The average Bonchev–Trinajstić information content (AvgIpc) is 2.54. The highest BCUT2D eigenvalue weighted by Crippen LogP contribution is 2.19. The molecule has 1 heterocycles. The molecule has 6 heteroatoms. The molecule has 0 unspecified atom stereocenters. The monoisotopic (exact) mass is 287 g/mol. The normalized spacial score (nSPS) is 10.2. The number of amides is 1. The van der Waals surface area contributed by atoms with Crippen LogP contribution < -0.4 is 16.0 Å². The smallest absolute Gasteiger partial charge is 0.266 e. The molecule has 4 N–H and O–H groups in total. The van der Waals surface area contributed by atoms with E-state index < -0.39 is 0 Å². The zero-order valence-electron chi connectivity index (χ0n) is 11.5. The molecule has 0 atom stereocenters. The van der Waals surface area contributed by atoms with E-state index in [0.29, 0.717) is 17.7 Å². The quantitative estimate of drug-likeness (QED) is 0.415. The standard InChI is InChI=1S/C15H17N3O3/c16-18-15(20)12-5-6-13(17-9-12)10-21-14-4-2-1-3-11(14)7-8-19/h1-6,9,19H,7-8,10,16H2,(H,18,20). The van der Waals surface area contributed by atoms with Gasteiger partial charge in [-0.05, 0) is 30.2 Å². The average molecular weight is 287 g/mol. The third-order valence-corrected chi connectivity index (χ3v) is 2.95. The van der Waals surface area contributed by atoms with Crippen LogP contribution in [0.2, 0.25) is 0 Å². The number of nitrogens with one attached hydrogen (secondary N) is 1. The van der Waals surface area contributed by atoms with Gasteiger partial charge in [0.1, 0.15) is 12.4 Å². The maximum absolute atomic E-state index is 11.3. The van der Waals surface area contributed by atoms with Gasteiger partial charge in [0.25, 0.3) is 5.91 Å². The van der Waals surface area contributed by atoms with Crippen molar-refractivity contribution in [2.24, 2.45) is 5.84 Å². The Balaban J connectivity index is 2.01. The molecule has 110 valence electrons. The summed E-state index contributed by atoms with van der Waals surface area (Å²) >= 11 is 0. The van der Waals surface area contributed by atoms with E-state index in [4.69, 9.17) is 15.7 Å². The number of nitrogens with zero attached hydrogens (tertiary/aromatic N) is 1. The molecule has 0 fully saturated rings. The molecule has 1 aromatic carbocycles. The Morgan fingerprint density at radius 2 is 2.10 bits per heavy atom. The topological polar surface area (TPSA) is 97.5 Å². The van der Waals surface area contributed by atoms with E-state index in [1.54, 1.807) is 12.1 Å². The van der Waals surface area contributed by atoms with Gasteiger partial charge in [-0.2, -0.15) is 0 Å². The minimum atomic E-state index is -0.386. The van der Waals surface area contributed by atoms with Crippen molar-refractivity contribution in [1.82, 2.24) is 10.4 Å². The Labute approximate surface area is 122 Å². The van der Waals surface area contributed by atoms with Crippen LogP contribution >= 0.6 is 0 Å². The number of aliphatic hydroxyl groups excluding tert-OH is 1. The van der Waals surface area contributed by atoms with Crippen molar-refractivity contribution >= 4 is 5.91 Å². The summed E-state index contributed by atoms with van der Waals surface area (Å²) in [5.74, 6) is 5.38. The van der Waals surface area contributed by atoms with E-state index in [-0.39, 0.29) is 19.1 Å². The van der Waals surface area contributed by atoms with Crippen molar-refractivity contribution in [2.45, 2.75) is 13.0 Å². The number of hydrogen-bond donors (Lipinski definition) is 3. The van der Waals surface area contributed by atoms with Crippen molar-refractivity contribution in [2.75, 3.05) is 6.61 Å². The van der Waals surface area contributed by atoms with Gasteiger partial charge in [0.2, 0.25) is 0 Å². The fraction of sp³-hybridized carbons (Fsp3) is 0.200. The lowest BCUT2D eigenvalue weighted by molar-refractivity contribution is 0.0953. The molecule has 0 saturated carbocycles. The molecule has 0 saturated heterocycles. The van der Waals surface area contributed by atoms with E-state index in [2.05, 4.69) is 4.98 Å². The number of nitrogens with two attached hydrogens (primary N) is 1. The van der Waals surface area contributed by atoms with Crippen LogP contribution in [0.4, 0.5) is 0 Å². The minimum absolute atomic E-state index is 0.0710. The zero-order valence-corrected chi connectivity index (χ0v) is 11.5. The van der Waals surface area contributed by atoms with Gasteiger partial charge in [-0.15, -0.1) is 0 Å². The van der Waals surface area contributed by atoms with Crippen LogP contribution in [0, 0.1) is 0 Å². The summed E-state index contributed by atoms with van der Waals surface area (Å²) in [7, 11) is 0. The second-order valence-electron chi connectivity index (χ2n) is 4.38. The summed E-state index contributed by atoms with van der Waals surface area (Å²) in [6, 6.07) is 10.9. The third-order valence-electron chi connectivity index (χ3n) is 2.95. The summed E-state index contributed by atoms with van der Waals surface area (Å²) in [5, 5.41) is 9.02. The summed E-state index contributed by atoms with van der Waals surface area (Å²) in [6.45, 7) is 0.356. The first kappa shape index (κ1) is 15.0. The summed E-state index contributed by atoms with van der Waals surface area (Å²) < 4.78 is 5.70. The van der Waals surface area contributed by atoms with Gasteiger partial charge in [-0.1, -0.05) is 18.2 Å². The predicted molar refractivity (Wildman–Crippen MR) is 77.5 cm³/mol. The summed E-state index contributed by atoms with van der Waals surface area (Å²) in [6.07, 6.45) is 1.99. The SMILES string of the molecule is NNC(=O)c1ccc(COc2ccccc2CCO)nc1. The van der Waals surface area contributed by atoms with Crippen LogP contribution in [-0.4, -0.2) is 22.6 Å². The van der Waals surface area contributed by atoms with Gasteiger partial charge in [0.05, 0.1) is 11.3 Å². The number of carbonyl (C=O) groups is 1. The van der Waals surface area contributed by atoms with Crippen molar-refractivity contribution < 1.29 is 14.6 Å². The first-order valence-electron chi connectivity index (χ1n) is 6.52. The maximum atomic E-state index is 11.3. The molecule has 2 aromatic rings. The van der Waals surface area contributed by atoms with E-state index in [1.165, 1.54) is 6.20 Å². The number of ether oxygens (including phenoxy) is 1. The largest absolute Gasteiger partial charge is 0.487 e. The second-order valence-corrected chi connectivity index (χ2v) is 4.38. The Morgan fingerprint density at radius 1 is 1.29 bits per heavy atom. The van der Waals surface area contributed by atoms with Gasteiger partial charge >= 0.3 is 0 Å². The number of hydrazine groups is 1. The Morgan fingerprint density at radius 3 is 2.76 bits per heavy atom. The molecule has 0 radical (unpaired) electrons. The van der Waals surface area contributed by atoms with E-state index in [9.17, 15) is 4.79 Å². The highest BCUT2D eigenvalue weighted by Gasteiger charge is 2.06. The number of carbonyl (C=O) groups excluding carboxylic acids is 1. The molecule has 0 spiro atoms. The lowest BCUT2D eigenvalue weighted by Gasteiger charge is -2.10. The number of aromatic nitrogens is 1. The number of aliphatic hydroxyl groups is 1. The maximum Gasteiger partial charge on any atom is 0.266 e. The molecule has 1 aromatic heterocycles. The molecular formula is C15H17N3O3. The second kappa shape index (κ2) is 7.37. The molecule has 2 rings (SSSR count). The molecule has 1 amide bonds. The number of rotatable bonds is 6. The van der Waals surface area contributed by atoms with Crippen molar-refractivity contribution in [3.05, 3.63) is 59.4 Å². The Bertz CT molecular complexity index is 599. The number of benzene rings is 1. The number of hydrogen-bond acceptors (Lipinski definition) is 5. The lowest BCUT2D eigenvalue weighted by Crippen LogP contribution is -2.30. The van der Waals surface area contributed by atoms with Crippen LogP contribution in [0.5, 0.6) is 5.75 Å². The highest BCUT2D eigenvalue weighted by molar-refractivity contribution is 5.93. The van der Waals surface area contributed by atoms with E-state index >= 15 is 0 Å². The fourth-order valence-electron chi connectivity index (χ4n) is 1.85. The Hall–Kier alpha value is -2.44. The molecule has 21 heavy (non-hydrogen) atoms. The van der Waals surface area contributed by atoms with Crippen molar-refractivity contribution in [3.63, 3.8) is 0 Å². The van der Waals surface area contributed by atoms with Crippen molar-refractivity contribution in [1.29, 1.82) is 0 Å². The highest BCUT2D eigenvalue weighted by atomic mass is 16.5. The van der Waals surface area contributed by atoms with Gasteiger partial charge in [0.15, 0.2) is 0 Å². The molecule has 0 aliphatic heterocycles. The minimum Gasteiger partial charge on any atom is -0.487 e. The molecule has 0 aliphatic rings.